The number of hydrogen-bond donors (Lipinski definition) is 1. The summed E-state index contributed by atoms with van der Waals surface area (Å²) in [4.78, 5) is 0. The van der Waals surface area contributed by atoms with E-state index in [2.05, 4.69) is 55.6 Å². The van der Waals surface area contributed by atoms with Crippen LogP contribution < -0.4 is 5.32 Å². The van der Waals surface area contributed by atoms with Crippen molar-refractivity contribution in [2.45, 2.75) is 46.6 Å². The number of nitrogens with one attached hydrogen (secondary N) is 1. The molecule has 1 atom stereocenters. The van der Waals surface area contributed by atoms with Crippen molar-refractivity contribution in [2.24, 2.45) is 0 Å². The number of rotatable bonds is 6. The fraction of sp³-hybridized carbons (Fsp3) is 0.381. The third kappa shape index (κ3) is 6.26. The van der Waals surface area contributed by atoms with Gasteiger partial charge in [0, 0.05) is 13.1 Å². The van der Waals surface area contributed by atoms with Gasteiger partial charge in [-0.05, 0) is 29.5 Å². The Morgan fingerprint density at radius 1 is 1.04 bits per heavy atom. The number of benzene rings is 2. The highest BCUT2D eigenvalue weighted by Gasteiger charge is 2.06. The lowest BCUT2D eigenvalue weighted by molar-refractivity contribution is 0.613. The number of hydrogen-bond acceptors (Lipinski definition) is 2. The van der Waals surface area contributed by atoms with Gasteiger partial charge in [-0.3, -0.25) is 0 Å². The maximum absolute atomic E-state index is 8.86. The minimum Gasteiger partial charge on any atom is -0.312 e. The number of aryl methyl sites for hydroxylation is 1. The fourth-order valence-electron chi connectivity index (χ4n) is 2.51. The Morgan fingerprint density at radius 3 is 2.39 bits per heavy atom. The average molecular weight is 308 g/mol. The lowest BCUT2D eigenvalue weighted by atomic mass is 9.99. The molecule has 0 saturated carbocycles. The molecule has 0 aliphatic carbocycles. The molecule has 1 unspecified atom stereocenters. The van der Waals surface area contributed by atoms with Crippen LogP contribution in [0.25, 0.3) is 0 Å². The van der Waals surface area contributed by atoms with E-state index >= 15 is 0 Å². The molecule has 2 rings (SSSR count). The van der Waals surface area contributed by atoms with Gasteiger partial charge in [0.05, 0.1) is 12.5 Å². The van der Waals surface area contributed by atoms with Crippen LogP contribution in [0.2, 0.25) is 0 Å². The predicted octanol–water partition coefficient (Wildman–Crippen LogP) is 4.98. The molecule has 122 valence electrons. The summed E-state index contributed by atoms with van der Waals surface area (Å²) in [5.74, 6) is 0.480. The lowest BCUT2D eigenvalue weighted by Gasteiger charge is -2.15. The molecule has 0 aromatic heterocycles. The average Bonchev–Trinajstić information content (AvgIpc) is 2.58. The van der Waals surface area contributed by atoms with Gasteiger partial charge in [0.15, 0.2) is 0 Å². The fourth-order valence-corrected chi connectivity index (χ4v) is 2.51. The van der Waals surface area contributed by atoms with E-state index in [1.54, 1.807) is 0 Å². The monoisotopic (exact) mass is 308 g/mol. The smallest absolute Gasteiger partial charge is 0.0669 e. The first-order chi connectivity index (χ1) is 11.2. The van der Waals surface area contributed by atoms with Gasteiger partial charge in [-0.2, -0.15) is 5.26 Å². The van der Waals surface area contributed by atoms with Gasteiger partial charge in [-0.25, -0.2) is 0 Å². The summed E-state index contributed by atoms with van der Waals surface area (Å²) >= 11 is 0. The van der Waals surface area contributed by atoms with Gasteiger partial charge in [0.2, 0.25) is 0 Å². The quantitative estimate of drug-likeness (QED) is 0.817. The molecule has 1 N–H and O–H groups in total. The predicted molar refractivity (Wildman–Crippen MR) is 98.4 cm³/mol. The zero-order valence-corrected chi connectivity index (χ0v) is 14.8. The van der Waals surface area contributed by atoms with E-state index < -0.39 is 0 Å². The molecule has 0 saturated heterocycles. The van der Waals surface area contributed by atoms with Crippen molar-refractivity contribution >= 4 is 0 Å². The van der Waals surface area contributed by atoms with E-state index in [1.807, 2.05) is 32.0 Å². The lowest BCUT2D eigenvalue weighted by Crippen LogP contribution is -2.20. The number of nitriles is 1. The van der Waals surface area contributed by atoms with Gasteiger partial charge in [-0.15, -0.1) is 0 Å². The molecule has 0 aliphatic rings. The van der Waals surface area contributed by atoms with Crippen LogP contribution in [0, 0.1) is 18.3 Å². The molecule has 0 bridgehead atoms. The number of nitrogens with zero attached hydrogens (tertiary/aromatic N) is 1. The molecule has 0 amide bonds. The molecule has 2 heteroatoms. The molecule has 2 aromatic rings. The van der Waals surface area contributed by atoms with Crippen molar-refractivity contribution in [1.29, 1.82) is 5.26 Å². The van der Waals surface area contributed by atoms with Crippen molar-refractivity contribution in [3.63, 3.8) is 0 Å². The summed E-state index contributed by atoms with van der Waals surface area (Å²) in [6.45, 7) is 10.1. The Kier molecular flexibility index (Phi) is 8.72. The third-order valence-corrected chi connectivity index (χ3v) is 3.77. The van der Waals surface area contributed by atoms with Crippen LogP contribution in [0.15, 0.2) is 48.5 Å². The molecule has 0 spiro atoms. The van der Waals surface area contributed by atoms with Gasteiger partial charge < -0.3 is 5.32 Å². The Labute approximate surface area is 141 Å². The standard InChI is InChI=1S/C19H22N2.C2H6/c1-15-6-5-9-18(12-15)16(2)13-21-14-19-8-4-3-7-17(19)10-11-20;1-2/h3-9,12,16,21H,10,13-14H2,1-2H3;1-2H3. The highest BCUT2D eigenvalue weighted by molar-refractivity contribution is 5.29. The Bertz CT molecular complexity index is 626. The van der Waals surface area contributed by atoms with Gasteiger partial charge in [0.1, 0.15) is 0 Å². The molecule has 2 aromatic carbocycles. The molecular formula is C21H28N2. The SMILES string of the molecule is CC.Cc1cccc(C(C)CNCc2ccccc2CC#N)c1. The largest absolute Gasteiger partial charge is 0.312 e. The van der Waals surface area contributed by atoms with E-state index in [1.165, 1.54) is 16.7 Å². The van der Waals surface area contributed by atoms with E-state index in [0.29, 0.717) is 12.3 Å². The van der Waals surface area contributed by atoms with Crippen molar-refractivity contribution in [2.75, 3.05) is 6.54 Å². The zero-order valence-electron chi connectivity index (χ0n) is 14.8. The van der Waals surface area contributed by atoms with Crippen LogP contribution in [0.4, 0.5) is 0 Å². The molecule has 2 nitrogen and oxygen atoms in total. The topological polar surface area (TPSA) is 35.8 Å². The van der Waals surface area contributed by atoms with Crippen LogP contribution in [-0.2, 0) is 13.0 Å². The van der Waals surface area contributed by atoms with Crippen molar-refractivity contribution < 1.29 is 0 Å². The molecule has 0 fully saturated rings. The molecule has 0 heterocycles. The van der Waals surface area contributed by atoms with Crippen LogP contribution >= 0.6 is 0 Å². The van der Waals surface area contributed by atoms with Gasteiger partial charge in [-0.1, -0.05) is 74.9 Å². The Hall–Kier alpha value is -2.11. The maximum Gasteiger partial charge on any atom is 0.0669 e. The second-order valence-electron chi connectivity index (χ2n) is 5.55. The van der Waals surface area contributed by atoms with Crippen LogP contribution in [0.1, 0.15) is 48.9 Å². The maximum atomic E-state index is 8.86. The highest BCUT2D eigenvalue weighted by atomic mass is 14.9. The first kappa shape index (κ1) is 18.9. The van der Waals surface area contributed by atoms with E-state index in [0.717, 1.165) is 18.7 Å². The van der Waals surface area contributed by atoms with Crippen molar-refractivity contribution in [3.05, 3.63) is 70.8 Å². The van der Waals surface area contributed by atoms with Gasteiger partial charge >= 0.3 is 0 Å². The van der Waals surface area contributed by atoms with Crippen LogP contribution in [0.5, 0.6) is 0 Å². The van der Waals surface area contributed by atoms with Gasteiger partial charge in [0.25, 0.3) is 0 Å². The van der Waals surface area contributed by atoms with Crippen LogP contribution in [-0.4, -0.2) is 6.54 Å². The van der Waals surface area contributed by atoms with E-state index in [9.17, 15) is 0 Å². The molecular weight excluding hydrogens is 280 g/mol. The summed E-state index contributed by atoms with van der Waals surface area (Å²) in [5, 5.41) is 12.4. The summed E-state index contributed by atoms with van der Waals surface area (Å²) in [6.07, 6.45) is 0.477. The zero-order chi connectivity index (χ0) is 17.1. The van der Waals surface area contributed by atoms with E-state index in [4.69, 9.17) is 5.26 Å². The second-order valence-corrected chi connectivity index (χ2v) is 5.55. The first-order valence-corrected chi connectivity index (χ1v) is 8.41. The summed E-state index contributed by atoms with van der Waals surface area (Å²) < 4.78 is 0. The molecule has 23 heavy (non-hydrogen) atoms. The summed E-state index contributed by atoms with van der Waals surface area (Å²) in [5.41, 5.74) is 5.01. The molecule has 0 radical (unpaired) electrons. The third-order valence-electron chi connectivity index (χ3n) is 3.77. The van der Waals surface area contributed by atoms with Crippen LogP contribution in [0.3, 0.4) is 0 Å². The van der Waals surface area contributed by atoms with Crippen molar-refractivity contribution in [1.82, 2.24) is 5.32 Å². The van der Waals surface area contributed by atoms with E-state index in [-0.39, 0.29) is 0 Å². The Balaban J connectivity index is 0.00000127. The first-order valence-electron chi connectivity index (χ1n) is 8.41. The molecule has 0 aliphatic heterocycles. The summed E-state index contributed by atoms with van der Waals surface area (Å²) in [6, 6.07) is 19.0. The summed E-state index contributed by atoms with van der Waals surface area (Å²) in [7, 11) is 0. The van der Waals surface area contributed by atoms with Crippen molar-refractivity contribution in [3.8, 4) is 6.07 Å². The Morgan fingerprint density at radius 2 is 1.74 bits per heavy atom. The minimum absolute atomic E-state index is 0.477. The second kappa shape index (κ2) is 10.6. The minimum atomic E-state index is 0.477. The highest BCUT2D eigenvalue weighted by Crippen LogP contribution is 2.16. The normalized spacial score (nSPS) is 11.1.